The minimum absolute atomic E-state index is 0.893. The first-order valence-corrected chi connectivity index (χ1v) is 7.68. The van der Waals surface area contributed by atoms with Crippen LogP contribution in [0.1, 0.15) is 71.6 Å². The Hall–Kier alpha value is -0.520. The monoisotopic (exact) mass is 234 g/mol. The predicted octanol–water partition coefficient (Wildman–Crippen LogP) is 5.90. The van der Waals surface area contributed by atoms with E-state index >= 15 is 0 Å². The van der Waals surface area contributed by atoms with Crippen LogP contribution in [0.2, 0.25) is 0 Å². The summed E-state index contributed by atoms with van der Waals surface area (Å²) in [5.41, 5.74) is 0. The molecule has 0 bridgehead atoms. The lowest BCUT2D eigenvalue weighted by Gasteiger charge is -2.26. The molecule has 0 nitrogen and oxygen atoms in total. The standard InChI is InChI=1S/C17H30/c1-3-5-7-9-11-17-14-12-16(13-15-17)10-8-6-4-2/h5,7-8,10,16-17H,3-4,6,9,11-15H2,1-2H3. The van der Waals surface area contributed by atoms with E-state index in [1.165, 1.54) is 57.8 Å². The molecule has 1 saturated carbocycles. The fraction of sp³-hybridized carbons (Fsp3) is 0.765. The van der Waals surface area contributed by atoms with Crippen LogP contribution in [0.15, 0.2) is 24.3 Å². The van der Waals surface area contributed by atoms with Gasteiger partial charge in [-0.25, -0.2) is 0 Å². The Balaban J connectivity index is 2.10. The van der Waals surface area contributed by atoms with Gasteiger partial charge < -0.3 is 0 Å². The number of hydrogen-bond donors (Lipinski definition) is 0. The molecule has 17 heavy (non-hydrogen) atoms. The van der Waals surface area contributed by atoms with Gasteiger partial charge in [0.2, 0.25) is 0 Å². The van der Waals surface area contributed by atoms with Crippen LogP contribution in [0, 0.1) is 11.8 Å². The van der Waals surface area contributed by atoms with Crippen molar-refractivity contribution in [3.63, 3.8) is 0 Å². The quantitative estimate of drug-likeness (QED) is 0.481. The van der Waals surface area contributed by atoms with Crippen LogP contribution in [-0.4, -0.2) is 0 Å². The lowest BCUT2D eigenvalue weighted by molar-refractivity contribution is 0.297. The average Bonchev–Trinajstić information content (AvgIpc) is 2.37. The summed E-state index contributed by atoms with van der Waals surface area (Å²) in [6.45, 7) is 4.47. The average molecular weight is 234 g/mol. The molecule has 1 aliphatic carbocycles. The minimum atomic E-state index is 0.893. The highest BCUT2D eigenvalue weighted by atomic mass is 14.2. The summed E-state index contributed by atoms with van der Waals surface area (Å²) in [7, 11) is 0. The third-order valence-corrected chi connectivity index (χ3v) is 3.90. The molecule has 0 N–H and O–H groups in total. The molecule has 0 saturated heterocycles. The topological polar surface area (TPSA) is 0 Å². The molecule has 1 aliphatic rings. The lowest BCUT2D eigenvalue weighted by atomic mass is 9.80. The van der Waals surface area contributed by atoms with Crippen molar-refractivity contribution in [3.05, 3.63) is 24.3 Å². The van der Waals surface area contributed by atoms with Crippen LogP contribution >= 0.6 is 0 Å². The Morgan fingerprint density at radius 2 is 1.65 bits per heavy atom. The summed E-state index contributed by atoms with van der Waals surface area (Å²) in [6.07, 6.45) is 21.8. The summed E-state index contributed by atoms with van der Waals surface area (Å²) < 4.78 is 0. The van der Waals surface area contributed by atoms with Crippen molar-refractivity contribution >= 4 is 0 Å². The van der Waals surface area contributed by atoms with Crippen LogP contribution < -0.4 is 0 Å². The van der Waals surface area contributed by atoms with E-state index in [1.807, 2.05) is 0 Å². The molecule has 0 heteroatoms. The molecule has 1 rings (SSSR count). The maximum atomic E-state index is 2.48. The van der Waals surface area contributed by atoms with Gasteiger partial charge >= 0.3 is 0 Å². The zero-order valence-electron chi connectivity index (χ0n) is 11.8. The summed E-state index contributed by atoms with van der Waals surface area (Å²) in [6, 6.07) is 0. The normalized spacial score (nSPS) is 26.0. The smallest absolute Gasteiger partial charge is 0.0233 e. The van der Waals surface area contributed by atoms with Crippen molar-refractivity contribution in [1.29, 1.82) is 0 Å². The molecular formula is C17H30. The van der Waals surface area contributed by atoms with Crippen LogP contribution in [0.4, 0.5) is 0 Å². The minimum Gasteiger partial charge on any atom is -0.0888 e. The van der Waals surface area contributed by atoms with Crippen molar-refractivity contribution in [1.82, 2.24) is 0 Å². The van der Waals surface area contributed by atoms with Gasteiger partial charge in [0.05, 0.1) is 0 Å². The van der Waals surface area contributed by atoms with Crippen LogP contribution in [0.3, 0.4) is 0 Å². The highest BCUT2D eigenvalue weighted by Crippen LogP contribution is 2.32. The van der Waals surface area contributed by atoms with Gasteiger partial charge in [-0.1, -0.05) is 44.6 Å². The first kappa shape index (κ1) is 14.5. The molecule has 0 heterocycles. The number of allylic oxidation sites excluding steroid dienone is 4. The second-order valence-electron chi connectivity index (χ2n) is 5.45. The van der Waals surface area contributed by atoms with Crippen molar-refractivity contribution < 1.29 is 0 Å². The second kappa shape index (κ2) is 9.50. The molecule has 0 aromatic rings. The molecule has 0 amide bonds. The van der Waals surface area contributed by atoms with E-state index in [0.717, 1.165) is 11.8 Å². The van der Waals surface area contributed by atoms with E-state index in [4.69, 9.17) is 0 Å². The molecule has 0 spiro atoms. The van der Waals surface area contributed by atoms with E-state index in [0.29, 0.717) is 0 Å². The Bertz CT molecular complexity index is 216. The van der Waals surface area contributed by atoms with Gasteiger partial charge in [-0.3, -0.25) is 0 Å². The van der Waals surface area contributed by atoms with Crippen molar-refractivity contribution in [3.8, 4) is 0 Å². The van der Waals surface area contributed by atoms with Crippen LogP contribution in [0.25, 0.3) is 0 Å². The second-order valence-corrected chi connectivity index (χ2v) is 5.45. The SMILES string of the molecule is CCC=CCCC1CCC(C=CCCC)CC1. The predicted molar refractivity (Wildman–Crippen MR) is 78.2 cm³/mol. The van der Waals surface area contributed by atoms with Gasteiger partial charge in [0.1, 0.15) is 0 Å². The first-order valence-electron chi connectivity index (χ1n) is 7.68. The van der Waals surface area contributed by atoms with Gasteiger partial charge in [0, 0.05) is 0 Å². The van der Waals surface area contributed by atoms with Crippen molar-refractivity contribution in [2.24, 2.45) is 11.8 Å². The van der Waals surface area contributed by atoms with E-state index in [-0.39, 0.29) is 0 Å². The van der Waals surface area contributed by atoms with Gasteiger partial charge in [0.25, 0.3) is 0 Å². The Morgan fingerprint density at radius 3 is 2.29 bits per heavy atom. The Labute approximate surface area is 108 Å². The zero-order chi connectivity index (χ0) is 12.3. The Kier molecular flexibility index (Phi) is 8.13. The summed E-state index contributed by atoms with van der Waals surface area (Å²) in [4.78, 5) is 0. The highest BCUT2D eigenvalue weighted by Gasteiger charge is 2.18. The third kappa shape index (κ3) is 6.71. The van der Waals surface area contributed by atoms with Gasteiger partial charge in [-0.05, 0) is 63.2 Å². The Morgan fingerprint density at radius 1 is 0.882 bits per heavy atom. The van der Waals surface area contributed by atoms with Gasteiger partial charge in [-0.2, -0.15) is 0 Å². The van der Waals surface area contributed by atoms with E-state index in [2.05, 4.69) is 38.2 Å². The lowest BCUT2D eigenvalue weighted by Crippen LogP contribution is -2.12. The number of unbranched alkanes of at least 4 members (excludes halogenated alkanes) is 1. The van der Waals surface area contributed by atoms with Crippen LogP contribution in [0.5, 0.6) is 0 Å². The first-order chi connectivity index (χ1) is 8.36. The van der Waals surface area contributed by atoms with E-state index in [9.17, 15) is 0 Å². The van der Waals surface area contributed by atoms with Crippen molar-refractivity contribution in [2.45, 2.75) is 71.6 Å². The number of rotatable bonds is 7. The molecule has 0 aliphatic heterocycles. The fourth-order valence-corrected chi connectivity index (χ4v) is 2.74. The summed E-state index contributed by atoms with van der Waals surface area (Å²) in [5, 5.41) is 0. The maximum absolute atomic E-state index is 2.48. The molecular weight excluding hydrogens is 204 g/mol. The molecule has 0 unspecified atom stereocenters. The maximum Gasteiger partial charge on any atom is -0.0233 e. The molecule has 0 aromatic carbocycles. The van der Waals surface area contributed by atoms with Gasteiger partial charge in [-0.15, -0.1) is 0 Å². The molecule has 98 valence electrons. The number of hydrogen-bond acceptors (Lipinski definition) is 0. The summed E-state index contributed by atoms with van der Waals surface area (Å²) in [5.74, 6) is 1.90. The fourth-order valence-electron chi connectivity index (χ4n) is 2.74. The molecule has 0 atom stereocenters. The van der Waals surface area contributed by atoms with Crippen molar-refractivity contribution in [2.75, 3.05) is 0 Å². The molecule has 0 radical (unpaired) electrons. The molecule has 0 aromatic heterocycles. The van der Waals surface area contributed by atoms with Crippen LogP contribution in [-0.2, 0) is 0 Å². The van der Waals surface area contributed by atoms with E-state index < -0.39 is 0 Å². The largest absolute Gasteiger partial charge is 0.0888 e. The van der Waals surface area contributed by atoms with Gasteiger partial charge in [0.15, 0.2) is 0 Å². The zero-order valence-corrected chi connectivity index (χ0v) is 11.8. The summed E-state index contributed by atoms with van der Waals surface area (Å²) >= 11 is 0. The highest BCUT2D eigenvalue weighted by molar-refractivity contribution is 4.91. The molecule has 1 fully saturated rings. The third-order valence-electron chi connectivity index (χ3n) is 3.90. The van der Waals surface area contributed by atoms with E-state index in [1.54, 1.807) is 0 Å².